The predicted molar refractivity (Wildman–Crippen MR) is 89.2 cm³/mol. The number of halogens is 1. The molecule has 1 aromatic heterocycles. The number of rotatable bonds is 4. The van der Waals surface area contributed by atoms with E-state index < -0.39 is 0 Å². The van der Waals surface area contributed by atoms with Gasteiger partial charge in [0, 0.05) is 12.1 Å². The SMILES string of the molecule is Cc1cc(NC(=O)CC(C)c2ccc(N)cc2)cnc1Br. The molecule has 0 aliphatic rings. The van der Waals surface area contributed by atoms with Gasteiger partial charge in [0.2, 0.25) is 5.91 Å². The zero-order valence-corrected chi connectivity index (χ0v) is 13.6. The monoisotopic (exact) mass is 347 g/mol. The Hall–Kier alpha value is -1.88. The minimum atomic E-state index is -0.0251. The van der Waals surface area contributed by atoms with E-state index in [1.807, 2.05) is 44.2 Å². The molecule has 0 aliphatic carbocycles. The van der Waals surface area contributed by atoms with Crippen LogP contribution in [0.1, 0.15) is 30.4 Å². The third kappa shape index (κ3) is 4.29. The molecule has 3 N–H and O–H groups in total. The number of hydrogen-bond donors (Lipinski definition) is 2. The number of nitrogens with zero attached hydrogens (tertiary/aromatic N) is 1. The summed E-state index contributed by atoms with van der Waals surface area (Å²) in [6.45, 7) is 3.96. The topological polar surface area (TPSA) is 68.0 Å². The Morgan fingerprint density at radius 3 is 2.67 bits per heavy atom. The first-order valence-electron chi connectivity index (χ1n) is 6.73. The van der Waals surface area contributed by atoms with Gasteiger partial charge in [0.1, 0.15) is 4.60 Å². The van der Waals surface area contributed by atoms with Crippen LogP contribution < -0.4 is 11.1 Å². The molecule has 0 saturated heterocycles. The summed E-state index contributed by atoms with van der Waals surface area (Å²) < 4.78 is 0.788. The van der Waals surface area contributed by atoms with Gasteiger partial charge in [-0.05, 0) is 58.1 Å². The van der Waals surface area contributed by atoms with Crippen LogP contribution in [0.15, 0.2) is 41.1 Å². The number of carbonyl (C=O) groups excluding carboxylic acids is 1. The van der Waals surface area contributed by atoms with Gasteiger partial charge in [-0.2, -0.15) is 0 Å². The summed E-state index contributed by atoms with van der Waals surface area (Å²) in [5.41, 5.74) is 9.20. The van der Waals surface area contributed by atoms with E-state index in [0.717, 1.165) is 21.4 Å². The Morgan fingerprint density at radius 2 is 2.05 bits per heavy atom. The molecule has 2 aromatic rings. The van der Waals surface area contributed by atoms with Crippen LogP contribution >= 0.6 is 15.9 Å². The third-order valence-corrected chi connectivity index (χ3v) is 4.13. The molecule has 0 saturated carbocycles. The highest BCUT2D eigenvalue weighted by atomic mass is 79.9. The van der Waals surface area contributed by atoms with Crippen LogP contribution in [0, 0.1) is 6.92 Å². The zero-order chi connectivity index (χ0) is 15.4. The zero-order valence-electron chi connectivity index (χ0n) is 12.1. The minimum Gasteiger partial charge on any atom is -0.399 e. The quantitative estimate of drug-likeness (QED) is 0.651. The molecular formula is C16H18BrN3O. The fourth-order valence-electron chi connectivity index (χ4n) is 2.06. The van der Waals surface area contributed by atoms with Crippen LogP contribution in [-0.4, -0.2) is 10.9 Å². The van der Waals surface area contributed by atoms with E-state index in [1.165, 1.54) is 0 Å². The van der Waals surface area contributed by atoms with Gasteiger partial charge < -0.3 is 11.1 Å². The summed E-state index contributed by atoms with van der Waals surface area (Å²) in [4.78, 5) is 16.3. The maximum absolute atomic E-state index is 12.1. The normalized spacial score (nSPS) is 12.0. The average molecular weight is 348 g/mol. The van der Waals surface area contributed by atoms with Crippen molar-refractivity contribution < 1.29 is 4.79 Å². The third-order valence-electron chi connectivity index (χ3n) is 3.30. The van der Waals surface area contributed by atoms with Gasteiger partial charge in [0.15, 0.2) is 0 Å². The molecule has 1 heterocycles. The fourth-order valence-corrected chi connectivity index (χ4v) is 2.28. The summed E-state index contributed by atoms with van der Waals surface area (Å²) >= 11 is 3.34. The molecule has 1 amide bonds. The number of hydrogen-bond acceptors (Lipinski definition) is 3. The molecule has 0 bridgehead atoms. The highest BCUT2D eigenvalue weighted by Crippen LogP contribution is 2.22. The van der Waals surface area contributed by atoms with Crippen LogP contribution in [0.5, 0.6) is 0 Å². The number of aryl methyl sites for hydroxylation is 1. The van der Waals surface area contributed by atoms with Crippen LogP contribution in [0.4, 0.5) is 11.4 Å². The van der Waals surface area contributed by atoms with Crippen LogP contribution in [-0.2, 0) is 4.79 Å². The Morgan fingerprint density at radius 1 is 1.38 bits per heavy atom. The van der Waals surface area contributed by atoms with Crippen molar-refractivity contribution in [1.82, 2.24) is 4.98 Å². The van der Waals surface area contributed by atoms with Gasteiger partial charge >= 0.3 is 0 Å². The summed E-state index contributed by atoms with van der Waals surface area (Å²) in [5.74, 6) is 0.109. The molecule has 110 valence electrons. The number of carbonyl (C=O) groups is 1. The lowest BCUT2D eigenvalue weighted by molar-refractivity contribution is -0.116. The standard InChI is InChI=1S/C16H18BrN3O/c1-10(12-3-5-13(18)6-4-12)8-15(21)20-14-7-11(2)16(17)19-9-14/h3-7,9-10H,8,18H2,1-2H3,(H,20,21). The van der Waals surface area contributed by atoms with Gasteiger partial charge in [-0.3, -0.25) is 4.79 Å². The molecule has 0 radical (unpaired) electrons. The number of nitrogens with one attached hydrogen (secondary N) is 1. The Kier molecular flexibility index (Phi) is 4.96. The van der Waals surface area contributed by atoms with Crippen molar-refractivity contribution in [2.24, 2.45) is 0 Å². The van der Waals surface area contributed by atoms with Crippen molar-refractivity contribution >= 4 is 33.2 Å². The van der Waals surface area contributed by atoms with Gasteiger partial charge in [-0.25, -0.2) is 4.98 Å². The molecule has 0 spiro atoms. The van der Waals surface area contributed by atoms with Crippen molar-refractivity contribution in [2.75, 3.05) is 11.1 Å². The van der Waals surface area contributed by atoms with Gasteiger partial charge in [-0.15, -0.1) is 0 Å². The highest BCUT2D eigenvalue weighted by molar-refractivity contribution is 9.10. The maximum atomic E-state index is 12.1. The first-order valence-corrected chi connectivity index (χ1v) is 7.52. The molecule has 1 aromatic carbocycles. The number of nitrogen functional groups attached to an aromatic ring is 1. The number of pyridine rings is 1. The van der Waals surface area contributed by atoms with E-state index in [-0.39, 0.29) is 11.8 Å². The summed E-state index contributed by atoms with van der Waals surface area (Å²) in [6.07, 6.45) is 2.06. The van der Waals surface area contributed by atoms with Crippen LogP contribution in [0.2, 0.25) is 0 Å². The molecule has 1 atom stereocenters. The summed E-state index contributed by atoms with van der Waals surface area (Å²) in [5, 5.41) is 2.88. The van der Waals surface area contributed by atoms with Crippen LogP contribution in [0.3, 0.4) is 0 Å². The smallest absolute Gasteiger partial charge is 0.225 e. The Bertz CT molecular complexity index is 640. The number of anilines is 2. The lowest BCUT2D eigenvalue weighted by Crippen LogP contribution is -2.14. The molecular weight excluding hydrogens is 330 g/mol. The lowest BCUT2D eigenvalue weighted by Gasteiger charge is -2.12. The second-order valence-electron chi connectivity index (χ2n) is 5.15. The van der Waals surface area contributed by atoms with E-state index in [4.69, 9.17) is 5.73 Å². The van der Waals surface area contributed by atoms with E-state index >= 15 is 0 Å². The summed E-state index contributed by atoms with van der Waals surface area (Å²) in [6, 6.07) is 9.51. The number of benzene rings is 1. The number of amides is 1. The average Bonchev–Trinajstić information content (AvgIpc) is 2.43. The minimum absolute atomic E-state index is 0.0251. The van der Waals surface area contributed by atoms with E-state index in [1.54, 1.807) is 6.20 Å². The van der Waals surface area contributed by atoms with Gasteiger partial charge in [0.25, 0.3) is 0 Å². The molecule has 1 unspecified atom stereocenters. The van der Waals surface area contributed by atoms with E-state index in [9.17, 15) is 4.79 Å². The number of aromatic nitrogens is 1. The van der Waals surface area contributed by atoms with E-state index in [2.05, 4.69) is 26.2 Å². The largest absolute Gasteiger partial charge is 0.399 e. The Balaban J connectivity index is 1.97. The molecule has 0 aliphatic heterocycles. The second-order valence-corrected chi connectivity index (χ2v) is 5.90. The highest BCUT2D eigenvalue weighted by Gasteiger charge is 2.12. The first-order chi connectivity index (χ1) is 9.95. The molecule has 4 nitrogen and oxygen atoms in total. The fraction of sp³-hybridized carbons (Fsp3) is 0.250. The number of nitrogens with two attached hydrogens (primary N) is 1. The molecule has 5 heteroatoms. The van der Waals surface area contributed by atoms with Crippen molar-refractivity contribution in [3.8, 4) is 0 Å². The van der Waals surface area contributed by atoms with Gasteiger partial charge in [-0.1, -0.05) is 19.1 Å². The lowest BCUT2D eigenvalue weighted by atomic mass is 9.97. The van der Waals surface area contributed by atoms with Gasteiger partial charge in [0.05, 0.1) is 11.9 Å². The molecule has 2 rings (SSSR count). The van der Waals surface area contributed by atoms with Crippen molar-refractivity contribution in [3.05, 3.63) is 52.3 Å². The predicted octanol–water partition coefficient (Wildman–Crippen LogP) is 3.87. The Labute approximate surface area is 132 Å². The second kappa shape index (κ2) is 6.72. The van der Waals surface area contributed by atoms with E-state index in [0.29, 0.717) is 12.1 Å². The molecule has 0 fully saturated rings. The van der Waals surface area contributed by atoms with Crippen molar-refractivity contribution in [3.63, 3.8) is 0 Å². The van der Waals surface area contributed by atoms with Crippen LogP contribution in [0.25, 0.3) is 0 Å². The van der Waals surface area contributed by atoms with Crippen molar-refractivity contribution in [1.29, 1.82) is 0 Å². The maximum Gasteiger partial charge on any atom is 0.225 e. The van der Waals surface area contributed by atoms with Crippen molar-refractivity contribution in [2.45, 2.75) is 26.2 Å². The molecule has 21 heavy (non-hydrogen) atoms. The first kappa shape index (κ1) is 15.5. The summed E-state index contributed by atoms with van der Waals surface area (Å²) in [7, 11) is 0.